The first-order valence-corrected chi connectivity index (χ1v) is 9.34. The molecule has 2 N–H and O–H groups in total. The molecule has 138 valence electrons. The van der Waals surface area contributed by atoms with E-state index in [-0.39, 0.29) is 10.6 Å². The number of anilines is 1. The van der Waals surface area contributed by atoms with Crippen LogP contribution in [0.4, 0.5) is 10.1 Å². The zero-order valence-electron chi connectivity index (χ0n) is 14.2. The van der Waals surface area contributed by atoms with E-state index in [1.807, 2.05) is 12.1 Å². The summed E-state index contributed by atoms with van der Waals surface area (Å²) >= 11 is 0. The first kappa shape index (κ1) is 18.5. The van der Waals surface area contributed by atoms with Gasteiger partial charge in [-0.25, -0.2) is 17.6 Å². The lowest BCUT2D eigenvalue weighted by Crippen LogP contribution is -2.15. The predicted molar refractivity (Wildman–Crippen MR) is 98.6 cm³/mol. The summed E-state index contributed by atoms with van der Waals surface area (Å²) in [5.41, 5.74) is 1.38. The van der Waals surface area contributed by atoms with Crippen LogP contribution in [-0.2, 0) is 10.0 Å². The number of aromatic carboxylic acids is 1. The molecule has 0 aliphatic heterocycles. The third kappa shape index (κ3) is 3.95. The van der Waals surface area contributed by atoms with Crippen LogP contribution in [0, 0.1) is 12.7 Å². The van der Waals surface area contributed by atoms with Gasteiger partial charge in [0.2, 0.25) is 0 Å². The van der Waals surface area contributed by atoms with E-state index in [4.69, 9.17) is 5.11 Å². The Hall–Kier alpha value is -3.26. The molecule has 8 heteroatoms. The van der Waals surface area contributed by atoms with E-state index in [0.29, 0.717) is 11.3 Å². The predicted octanol–water partition coefficient (Wildman–Crippen LogP) is 3.70. The first-order chi connectivity index (χ1) is 12.8. The number of hydrogen-bond donors (Lipinski definition) is 2. The Balaban J connectivity index is 1.91. The summed E-state index contributed by atoms with van der Waals surface area (Å²) in [6.07, 6.45) is 1.65. The number of aromatic nitrogens is 1. The van der Waals surface area contributed by atoms with Gasteiger partial charge < -0.3 is 5.11 Å². The van der Waals surface area contributed by atoms with Crippen LogP contribution in [-0.4, -0.2) is 24.5 Å². The largest absolute Gasteiger partial charge is 0.478 e. The number of sulfonamides is 1. The molecule has 3 rings (SSSR count). The Morgan fingerprint density at radius 3 is 2.48 bits per heavy atom. The average Bonchev–Trinajstić information content (AvgIpc) is 2.61. The van der Waals surface area contributed by atoms with Crippen molar-refractivity contribution in [2.45, 2.75) is 11.8 Å². The van der Waals surface area contributed by atoms with Crippen molar-refractivity contribution in [3.05, 3.63) is 77.7 Å². The van der Waals surface area contributed by atoms with Crippen LogP contribution in [0.1, 0.15) is 15.9 Å². The molecule has 1 aromatic heterocycles. The van der Waals surface area contributed by atoms with Crippen molar-refractivity contribution in [2.24, 2.45) is 0 Å². The molecular weight excluding hydrogens is 371 g/mol. The van der Waals surface area contributed by atoms with Crippen LogP contribution in [0.15, 0.2) is 65.7 Å². The molecular formula is C19H15FN2O4S. The molecule has 3 aromatic rings. The minimum absolute atomic E-state index is 0.0323. The number of aryl methyl sites for hydroxylation is 1. The highest BCUT2D eigenvalue weighted by atomic mass is 32.2. The van der Waals surface area contributed by atoms with Gasteiger partial charge in [-0.05, 0) is 55.0 Å². The molecule has 0 unspecified atom stereocenters. The van der Waals surface area contributed by atoms with E-state index in [0.717, 1.165) is 17.7 Å². The maximum Gasteiger partial charge on any atom is 0.338 e. The van der Waals surface area contributed by atoms with Gasteiger partial charge in [0.05, 0.1) is 21.8 Å². The van der Waals surface area contributed by atoms with Gasteiger partial charge in [0, 0.05) is 11.8 Å². The van der Waals surface area contributed by atoms with E-state index < -0.39 is 27.4 Å². The van der Waals surface area contributed by atoms with Crippen molar-refractivity contribution < 1.29 is 22.7 Å². The number of benzene rings is 2. The van der Waals surface area contributed by atoms with Crippen molar-refractivity contribution >= 4 is 21.7 Å². The second kappa shape index (κ2) is 7.16. The van der Waals surface area contributed by atoms with Crippen LogP contribution in [0.5, 0.6) is 0 Å². The molecule has 27 heavy (non-hydrogen) atoms. The standard InChI is InChI=1S/C19H15FN2O4S/c1-12-10-13(17-4-2-3-9-21-17)5-8-18(12)27(25,26)22-14-6-7-15(19(23)24)16(20)11-14/h2-11,22H,1H3,(H,23,24). The molecule has 1 heterocycles. The van der Waals surface area contributed by atoms with Crippen LogP contribution < -0.4 is 4.72 Å². The number of nitrogens with zero attached hydrogens (tertiary/aromatic N) is 1. The highest BCUT2D eigenvalue weighted by molar-refractivity contribution is 7.92. The van der Waals surface area contributed by atoms with Crippen LogP contribution in [0.2, 0.25) is 0 Å². The lowest BCUT2D eigenvalue weighted by atomic mass is 10.1. The molecule has 0 spiro atoms. The number of carboxylic acids is 1. The van der Waals surface area contributed by atoms with Gasteiger partial charge in [-0.2, -0.15) is 0 Å². The molecule has 0 atom stereocenters. The fourth-order valence-electron chi connectivity index (χ4n) is 2.61. The van der Waals surface area contributed by atoms with E-state index >= 15 is 0 Å². The maximum absolute atomic E-state index is 13.8. The molecule has 0 amide bonds. The van der Waals surface area contributed by atoms with E-state index in [1.165, 1.54) is 12.1 Å². The first-order valence-electron chi connectivity index (χ1n) is 7.85. The summed E-state index contributed by atoms with van der Waals surface area (Å²) in [4.78, 5) is 15.1. The molecule has 0 saturated carbocycles. The Bertz CT molecular complexity index is 1120. The zero-order chi connectivity index (χ0) is 19.6. The average molecular weight is 386 g/mol. The maximum atomic E-state index is 13.8. The number of halogens is 1. The van der Waals surface area contributed by atoms with E-state index in [2.05, 4.69) is 9.71 Å². The molecule has 0 saturated heterocycles. The monoisotopic (exact) mass is 386 g/mol. The quantitative estimate of drug-likeness (QED) is 0.697. The summed E-state index contributed by atoms with van der Waals surface area (Å²) < 4.78 is 41.3. The third-order valence-electron chi connectivity index (χ3n) is 3.88. The lowest BCUT2D eigenvalue weighted by Gasteiger charge is -2.12. The van der Waals surface area contributed by atoms with Crippen molar-refractivity contribution in [1.29, 1.82) is 0 Å². The highest BCUT2D eigenvalue weighted by Crippen LogP contribution is 2.25. The number of rotatable bonds is 5. The van der Waals surface area contributed by atoms with Crippen molar-refractivity contribution in [3.63, 3.8) is 0 Å². The van der Waals surface area contributed by atoms with Crippen LogP contribution in [0.25, 0.3) is 11.3 Å². The van der Waals surface area contributed by atoms with Crippen LogP contribution in [0.3, 0.4) is 0 Å². The van der Waals surface area contributed by atoms with Crippen molar-refractivity contribution in [2.75, 3.05) is 4.72 Å². The van der Waals surface area contributed by atoms with Gasteiger partial charge in [0.1, 0.15) is 5.82 Å². The number of hydrogen-bond acceptors (Lipinski definition) is 4. The normalized spacial score (nSPS) is 11.2. The third-order valence-corrected chi connectivity index (χ3v) is 5.42. The van der Waals surface area contributed by atoms with Crippen molar-refractivity contribution in [3.8, 4) is 11.3 Å². The SMILES string of the molecule is Cc1cc(-c2ccccn2)ccc1S(=O)(=O)Nc1ccc(C(=O)O)c(F)c1. The fourth-order valence-corrected chi connectivity index (χ4v) is 3.88. The summed E-state index contributed by atoms with van der Waals surface area (Å²) in [5.74, 6) is -2.45. The second-order valence-electron chi connectivity index (χ2n) is 5.80. The molecule has 6 nitrogen and oxygen atoms in total. The Morgan fingerprint density at radius 2 is 1.89 bits per heavy atom. The number of nitrogens with one attached hydrogen (secondary N) is 1. The van der Waals surface area contributed by atoms with Gasteiger partial charge in [-0.15, -0.1) is 0 Å². The summed E-state index contributed by atoms with van der Waals surface area (Å²) in [7, 11) is -3.98. The van der Waals surface area contributed by atoms with Crippen LogP contribution >= 0.6 is 0 Å². The minimum Gasteiger partial charge on any atom is -0.478 e. The highest BCUT2D eigenvalue weighted by Gasteiger charge is 2.19. The van der Waals surface area contributed by atoms with Gasteiger partial charge in [0.25, 0.3) is 10.0 Å². The van der Waals surface area contributed by atoms with Crippen molar-refractivity contribution in [1.82, 2.24) is 4.98 Å². The smallest absolute Gasteiger partial charge is 0.338 e. The Labute approximate surface area is 155 Å². The molecule has 0 fully saturated rings. The summed E-state index contributed by atoms with van der Waals surface area (Å²) in [5, 5.41) is 8.84. The summed E-state index contributed by atoms with van der Waals surface area (Å²) in [6, 6.07) is 13.3. The number of pyridine rings is 1. The molecule has 0 aliphatic carbocycles. The summed E-state index contributed by atoms with van der Waals surface area (Å²) in [6.45, 7) is 1.65. The van der Waals surface area contributed by atoms with Gasteiger partial charge in [-0.1, -0.05) is 12.1 Å². The number of carbonyl (C=O) groups is 1. The molecule has 0 bridgehead atoms. The fraction of sp³-hybridized carbons (Fsp3) is 0.0526. The van der Waals surface area contributed by atoms with E-state index in [1.54, 1.807) is 31.3 Å². The zero-order valence-corrected chi connectivity index (χ0v) is 15.0. The number of carboxylic acid groups (broad SMARTS) is 1. The Kier molecular flexibility index (Phi) is 4.91. The molecule has 0 aliphatic rings. The van der Waals surface area contributed by atoms with Gasteiger partial charge >= 0.3 is 5.97 Å². The van der Waals surface area contributed by atoms with Gasteiger partial charge in [0.15, 0.2) is 0 Å². The minimum atomic E-state index is -3.98. The Morgan fingerprint density at radius 1 is 1.11 bits per heavy atom. The van der Waals surface area contributed by atoms with Gasteiger partial charge in [-0.3, -0.25) is 9.71 Å². The van der Waals surface area contributed by atoms with E-state index in [9.17, 15) is 17.6 Å². The molecule has 0 radical (unpaired) electrons. The topological polar surface area (TPSA) is 96.4 Å². The molecule has 2 aromatic carbocycles. The lowest BCUT2D eigenvalue weighted by molar-refractivity contribution is 0.0692. The second-order valence-corrected chi connectivity index (χ2v) is 7.45.